The number of fused-ring (bicyclic) bond motifs is 1. The lowest BCUT2D eigenvalue weighted by Crippen LogP contribution is -2.29. The summed E-state index contributed by atoms with van der Waals surface area (Å²) in [6.07, 6.45) is 3.37. The number of nitrogens with zero attached hydrogens (tertiary/aromatic N) is 1. The van der Waals surface area contributed by atoms with E-state index >= 15 is 0 Å². The lowest BCUT2D eigenvalue weighted by molar-refractivity contribution is 0.479. The number of hydrazone groups is 1. The molecule has 0 fully saturated rings. The van der Waals surface area contributed by atoms with E-state index < -0.39 is 0 Å². The molecule has 0 bridgehead atoms. The summed E-state index contributed by atoms with van der Waals surface area (Å²) in [5.74, 6) is 1.05. The first-order chi connectivity index (χ1) is 10.6. The number of nitrogens with one attached hydrogen (secondary N) is 2. The Bertz CT molecular complexity index is 756. The minimum atomic E-state index is -0.168. The number of hydrogen-bond donors (Lipinski definition) is 3. The van der Waals surface area contributed by atoms with Crippen molar-refractivity contribution in [3.8, 4) is 0 Å². The fourth-order valence-corrected chi connectivity index (χ4v) is 3.53. The molecule has 3 rings (SSSR count). The normalized spacial score (nSPS) is 18.2. The predicted molar refractivity (Wildman–Crippen MR) is 97.5 cm³/mol. The number of nitrogens with two attached hydrogens (primary N) is 1. The highest BCUT2D eigenvalue weighted by molar-refractivity contribution is 9.10. The van der Waals surface area contributed by atoms with Gasteiger partial charge in [0.2, 0.25) is 5.96 Å². The molecule has 0 amide bonds. The maximum absolute atomic E-state index is 7.29. The summed E-state index contributed by atoms with van der Waals surface area (Å²) >= 11 is 3.62. The molecular weight excluding hydrogens is 380 g/mol. The Morgan fingerprint density at radius 2 is 2.13 bits per heavy atom. The summed E-state index contributed by atoms with van der Waals surface area (Å²) in [7, 11) is 0. The van der Waals surface area contributed by atoms with Gasteiger partial charge in [0.1, 0.15) is 5.76 Å². The second kappa shape index (κ2) is 7.19. The van der Waals surface area contributed by atoms with Crippen LogP contribution in [0.2, 0.25) is 0 Å². The van der Waals surface area contributed by atoms with Gasteiger partial charge in [-0.25, -0.2) is 5.43 Å². The van der Waals surface area contributed by atoms with Gasteiger partial charge in [0.05, 0.1) is 12.0 Å². The van der Waals surface area contributed by atoms with Gasteiger partial charge in [-0.05, 0) is 36.5 Å². The average Bonchev–Trinajstić information content (AvgIpc) is 2.87. The number of benzene rings is 1. The minimum absolute atomic E-state index is 0. The number of halogens is 2. The molecule has 23 heavy (non-hydrogen) atoms. The molecule has 1 unspecified atom stereocenters. The van der Waals surface area contributed by atoms with Crippen LogP contribution in [0.4, 0.5) is 0 Å². The molecule has 0 radical (unpaired) electrons. The van der Waals surface area contributed by atoms with E-state index in [4.69, 9.17) is 15.6 Å². The molecule has 1 aliphatic rings. The molecule has 1 aromatic carbocycles. The molecular formula is C16H18BrClN4O. The van der Waals surface area contributed by atoms with Gasteiger partial charge in [-0.1, -0.05) is 34.1 Å². The smallest absolute Gasteiger partial charge is 0.206 e. The molecule has 2 aromatic rings. The van der Waals surface area contributed by atoms with Crippen LogP contribution in [0, 0.1) is 12.3 Å². The van der Waals surface area contributed by atoms with E-state index in [9.17, 15) is 0 Å². The molecule has 122 valence electrons. The maximum Gasteiger partial charge on any atom is 0.206 e. The number of furan rings is 1. The Morgan fingerprint density at radius 3 is 2.83 bits per heavy atom. The number of aryl methyl sites for hydroxylation is 1. The first kappa shape index (κ1) is 17.6. The van der Waals surface area contributed by atoms with E-state index in [0.29, 0.717) is 0 Å². The highest BCUT2D eigenvalue weighted by atomic mass is 79.9. The van der Waals surface area contributed by atoms with Crippen molar-refractivity contribution < 1.29 is 4.42 Å². The van der Waals surface area contributed by atoms with Crippen LogP contribution in [0.3, 0.4) is 0 Å². The Kier molecular flexibility index (Phi) is 5.49. The molecule has 1 atom stereocenters. The van der Waals surface area contributed by atoms with E-state index in [1.807, 2.05) is 25.1 Å². The summed E-state index contributed by atoms with van der Waals surface area (Å²) in [4.78, 5) is 0. The summed E-state index contributed by atoms with van der Waals surface area (Å²) in [6.45, 7) is 2.00. The van der Waals surface area contributed by atoms with E-state index in [-0.39, 0.29) is 24.3 Å². The lowest BCUT2D eigenvalue weighted by atomic mass is 9.81. The SMILES string of the molecule is Cc1coc2c1/C(=N/NC(=N)N)CC(c1ccccc1Br)C2.Cl. The molecule has 0 aliphatic heterocycles. The Balaban J connectivity index is 0.00000192. The van der Waals surface area contributed by atoms with Gasteiger partial charge in [-0.3, -0.25) is 5.41 Å². The van der Waals surface area contributed by atoms with Crippen molar-refractivity contribution in [3.05, 3.63) is 57.5 Å². The van der Waals surface area contributed by atoms with Crippen LogP contribution in [-0.4, -0.2) is 11.7 Å². The zero-order valence-corrected chi connectivity index (χ0v) is 15.0. The third-order valence-electron chi connectivity index (χ3n) is 3.87. The topological polar surface area (TPSA) is 87.4 Å². The molecule has 5 nitrogen and oxygen atoms in total. The van der Waals surface area contributed by atoms with E-state index in [2.05, 4.69) is 32.5 Å². The lowest BCUT2D eigenvalue weighted by Gasteiger charge is -2.24. The van der Waals surface area contributed by atoms with Crippen LogP contribution >= 0.6 is 28.3 Å². The predicted octanol–water partition coefficient (Wildman–Crippen LogP) is 3.69. The second-order valence-electron chi connectivity index (χ2n) is 5.43. The largest absolute Gasteiger partial charge is 0.468 e. The second-order valence-corrected chi connectivity index (χ2v) is 6.28. The zero-order valence-electron chi connectivity index (χ0n) is 12.6. The molecule has 0 spiro atoms. The Labute approximate surface area is 149 Å². The van der Waals surface area contributed by atoms with Crippen molar-refractivity contribution in [1.82, 2.24) is 5.43 Å². The summed E-state index contributed by atoms with van der Waals surface area (Å²) in [5, 5.41) is 11.6. The van der Waals surface area contributed by atoms with E-state index in [1.165, 1.54) is 5.56 Å². The quantitative estimate of drug-likeness (QED) is 0.410. The van der Waals surface area contributed by atoms with Crippen molar-refractivity contribution in [3.63, 3.8) is 0 Å². The van der Waals surface area contributed by atoms with Crippen molar-refractivity contribution >= 4 is 40.0 Å². The van der Waals surface area contributed by atoms with Crippen LogP contribution < -0.4 is 11.2 Å². The molecule has 0 saturated carbocycles. The third-order valence-corrected chi connectivity index (χ3v) is 4.59. The van der Waals surface area contributed by atoms with Crippen LogP contribution in [0.5, 0.6) is 0 Å². The van der Waals surface area contributed by atoms with Gasteiger partial charge < -0.3 is 10.2 Å². The number of guanidine groups is 1. The molecule has 0 saturated heterocycles. The first-order valence-corrected chi connectivity index (χ1v) is 7.84. The molecule has 7 heteroatoms. The fourth-order valence-electron chi connectivity index (χ4n) is 2.92. The van der Waals surface area contributed by atoms with Crippen molar-refractivity contribution in [2.45, 2.75) is 25.7 Å². The molecule has 4 N–H and O–H groups in total. The van der Waals surface area contributed by atoms with Gasteiger partial charge in [0, 0.05) is 16.5 Å². The summed E-state index contributed by atoms with van der Waals surface area (Å²) < 4.78 is 6.80. The van der Waals surface area contributed by atoms with Gasteiger partial charge in [-0.15, -0.1) is 12.4 Å². The van der Waals surface area contributed by atoms with Gasteiger partial charge >= 0.3 is 0 Å². The van der Waals surface area contributed by atoms with Gasteiger partial charge in [0.25, 0.3) is 0 Å². The highest BCUT2D eigenvalue weighted by Crippen LogP contribution is 2.37. The average molecular weight is 398 g/mol. The van der Waals surface area contributed by atoms with Crippen LogP contribution in [0.1, 0.15) is 34.8 Å². The maximum atomic E-state index is 7.29. The van der Waals surface area contributed by atoms with Crippen molar-refractivity contribution in [2.75, 3.05) is 0 Å². The standard InChI is InChI=1S/C16H17BrN4O.ClH/c1-9-8-22-14-7-10(11-4-2-3-5-12(11)17)6-13(15(9)14)20-21-16(18)19;/h2-5,8,10H,6-7H2,1H3,(H4,18,19,21);1H/b20-13+;. The third kappa shape index (κ3) is 3.59. The summed E-state index contributed by atoms with van der Waals surface area (Å²) in [6, 6.07) is 8.20. The zero-order chi connectivity index (χ0) is 15.7. The minimum Gasteiger partial charge on any atom is -0.468 e. The van der Waals surface area contributed by atoms with Crippen molar-refractivity contribution in [1.29, 1.82) is 5.41 Å². The van der Waals surface area contributed by atoms with Crippen molar-refractivity contribution in [2.24, 2.45) is 10.8 Å². The number of hydrogen-bond acceptors (Lipinski definition) is 3. The molecule has 1 heterocycles. The van der Waals surface area contributed by atoms with Crippen LogP contribution in [0.25, 0.3) is 0 Å². The highest BCUT2D eigenvalue weighted by Gasteiger charge is 2.30. The van der Waals surface area contributed by atoms with E-state index in [0.717, 1.165) is 39.9 Å². The van der Waals surface area contributed by atoms with Gasteiger partial charge in [0.15, 0.2) is 0 Å². The number of rotatable bonds is 2. The van der Waals surface area contributed by atoms with E-state index in [1.54, 1.807) is 6.26 Å². The monoisotopic (exact) mass is 396 g/mol. The van der Waals surface area contributed by atoms with Crippen LogP contribution in [-0.2, 0) is 6.42 Å². The molecule has 1 aliphatic carbocycles. The summed E-state index contributed by atoms with van der Waals surface area (Å²) in [5.41, 5.74) is 12.1. The van der Waals surface area contributed by atoms with Crippen LogP contribution in [0.15, 0.2) is 44.5 Å². The van der Waals surface area contributed by atoms with Gasteiger partial charge in [-0.2, -0.15) is 5.10 Å². The Morgan fingerprint density at radius 1 is 1.39 bits per heavy atom. The molecule has 1 aromatic heterocycles. The first-order valence-electron chi connectivity index (χ1n) is 7.04. The Hall–Kier alpha value is -1.79. The fraction of sp³-hybridized carbons (Fsp3) is 0.250.